The van der Waals surface area contributed by atoms with Crippen LogP contribution in [0.3, 0.4) is 0 Å². The highest BCUT2D eigenvalue weighted by Gasteiger charge is 2.36. The Morgan fingerprint density at radius 3 is 2.45 bits per heavy atom. The molecule has 2 aromatic carbocycles. The number of halogens is 3. The monoisotopic (exact) mass is 516 g/mol. The predicted molar refractivity (Wildman–Crippen MR) is 121 cm³/mol. The quantitative estimate of drug-likeness (QED) is 0.323. The number of aryl methyl sites for hydroxylation is 1. The standard InChI is InChI=1S/C21H19Cl2FN2O6S/c1-11-4-6-12(7-5-11)33(28,29)32-26-16-10-15(25-19(17(16)23)21(27)31-3)13-8-9-14(22)20(30-2)18(13)24/h4-9,15,17H,10H2,1-3H3. The molecule has 0 fully saturated rings. The Hall–Kier alpha value is -2.69. The molecule has 1 heterocycles. The molecule has 0 saturated carbocycles. The largest absolute Gasteiger partial charge is 0.492 e. The highest BCUT2D eigenvalue weighted by atomic mass is 35.5. The second-order valence-electron chi connectivity index (χ2n) is 7.00. The van der Waals surface area contributed by atoms with Gasteiger partial charge in [0, 0.05) is 12.0 Å². The molecular weight excluding hydrogens is 498 g/mol. The number of alkyl halides is 1. The summed E-state index contributed by atoms with van der Waals surface area (Å²) < 4.78 is 54.5. The van der Waals surface area contributed by atoms with Gasteiger partial charge in [-0.1, -0.05) is 40.5 Å². The molecule has 33 heavy (non-hydrogen) atoms. The summed E-state index contributed by atoms with van der Waals surface area (Å²) in [6, 6.07) is 7.72. The average Bonchev–Trinajstić information content (AvgIpc) is 2.79. The summed E-state index contributed by atoms with van der Waals surface area (Å²) in [5.41, 5.74) is 0.561. The van der Waals surface area contributed by atoms with E-state index in [4.69, 9.17) is 37.0 Å². The molecule has 8 nitrogen and oxygen atoms in total. The van der Waals surface area contributed by atoms with Crippen molar-refractivity contribution in [2.45, 2.75) is 29.7 Å². The van der Waals surface area contributed by atoms with Gasteiger partial charge in [0.25, 0.3) is 0 Å². The van der Waals surface area contributed by atoms with Gasteiger partial charge in [0.05, 0.1) is 31.0 Å². The minimum Gasteiger partial charge on any atom is -0.492 e. The van der Waals surface area contributed by atoms with Crippen LogP contribution in [0.4, 0.5) is 4.39 Å². The lowest BCUT2D eigenvalue weighted by atomic mass is 9.94. The first-order valence-corrected chi connectivity index (χ1v) is 11.7. The number of hydrogen-bond donors (Lipinski definition) is 0. The molecule has 0 bridgehead atoms. The maximum absolute atomic E-state index is 15.0. The molecule has 3 rings (SSSR count). The van der Waals surface area contributed by atoms with Crippen LogP contribution in [0.15, 0.2) is 51.4 Å². The second kappa shape index (κ2) is 10.1. The Labute approximate surface area is 200 Å². The number of benzene rings is 2. The van der Waals surface area contributed by atoms with Crippen LogP contribution < -0.4 is 4.74 Å². The van der Waals surface area contributed by atoms with Crippen LogP contribution in [0.25, 0.3) is 0 Å². The molecule has 0 amide bonds. The third kappa shape index (κ3) is 5.29. The number of carbonyl (C=O) groups is 1. The van der Waals surface area contributed by atoms with Crippen molar-refractivity contribution in [1.82, 2.24) is 0 Å². The summed E-state index contributed by atoms with van der Waals surface area (Å²) in [5.74, 6) is -1.87. The zero-order valence-electron chi connectivity index (χ0n) is 17.7. The van der Waals surface area contributed by atoms with Crippen LogP contribution in [0.5, 0.6) is 5.75 Å². The molecule has 0 N–H and O–H groups in total. The van der Waals surface area contributed by atoms with Gasteiger partial charge in [0.2, 0.25) is 0 Å². The van der Waals surface area contributed by atoms with Crippen molar-refractivity contribution in [3.8, 4) is 5.75 Å². The van der Waals surface area contributed by atoms with Crippen molar-refractivity contribution >= 4 is 50.7 Å². The van der Waals surface area contributed by atoms with Crippen molar-refractivity contribution in [3.63, 3.8) is 0 Å². The molecule has 1 aliphatic rings. The number of esters is 1. The molecule has 0 saturated heterocycles. The molecule has 2 atom stereocenters. The van der Waals surface area contributed by atoms with E-state index in [2.05, 4.69) is 10.1 Å². The van der Waals surface area contributed by atoms with Gasteiger partial charge in [-0.2, -0.15) is 8.42 Å². The van der Waals surface area contributed by atoms with Gasteiger partial charge in [0.1, 0.15) is 16.0 Å². The Morgan fingerprint density at radius 2 is 1.85 bits per heavy atom. The lowest BCUT2D eigenvalue weighted by molar-refractivity contribution is -0.132. The molecule has 176 valence electrons. The molecule has 2 aromatic rings. The topological polar surface area (TPSA) is 104 Å². The molecule has 0 aromatic heterocycles. The Kier molecular flexibility index (Phi) is 7.61. The zero-order chi connectivity index (χ0) is 24.3. The van der Waals surface area contributed by atoms with Crippen molar-refractivity contribution < 1.29 is 31.4 Å². The van der Waals surface area contributed by atoms with Crippen LogP contribution in [0.1, 0.15) is 23.6 Å². The van der Waals surface area contributed by atoms with Gasteiger partial charge in [-0.25, -0.2) is 9.18 Å². The number of rotatable bonds is 6. The number of ether oxygens (including phenoxy) is 2. The van der Waals surface area contributed by atoms with Crippen LogP contribution in [0.2, 0.25) is 5.02 Å². The highest BCUT2D eigenvalue weighted by Crippen LogP contribution is 2.37. The zero-order valence-corrected chi connectivity index (χ0v) is 20.0. The second-order valence-corrected chi connectivity index (χ2v) is 9.37. The predicted octanol–water partition coefficient (Wildman–Crippen LogP) is 4.22. The van der Waals surface area contributed by atoms with E-state index in [0.29, 0.717) is 0 Å². The van der Waals surface area contributed by atoms with E-state index in [1.807, 2.05) is 0 Å². The van der Waals surface area contributed by atoms with Gasteiger partial charge >= 0.3 is 16.1 Å². The molecule has 0 radical (unpaired) electrons. The van der Waals surface area contributed by atoms with E-state index in [1.54, 1.807) is 19.1 Å². The van der Waals surface area contributed by atoms with Gasteiger partial charge < -0.3 is 9.47 Å². The SMILES string of the molecule is COC(=O)C1=NC(c2ccc(Cl)c(OC)c2F)CC(=NOS(=O)(=O)c2ccc(C)cc2)C1Cl. The van der Waals surface area contributed by atoms with Gasteiger partial charge in [-0.3, -0.25) is 9.28 Å². The lowest BCUT2D eigenvalue weighted by Crippen LogP contribution is -2.37. The third-order valence-corrected chi connectivity index (χ3v) is 6.71. The molecule has 12 heteroatoms. The van der Waals surface area contributed by atoms with Gasteiger partial charge in [-0.15, -0.1) is 11.6 Å². The van der Waals surface area contributed by atoms with Crippen LogP contribution >= 0.6 is 23.2 Å². The number of oxime groups is 1. The highest BCUT2D eigenvalue weighted by molar-refractivity contribution is 7.86. The van der Waals surface area contributed by atoms with Crippen molar-refractivity contribution in [2.75, 3.05) is 14.2 Å². The summed E-state index contributed by atoms with van der Waals surface area (Å²) in [7, 11) is -1.89. The maximum Gasteiger partial charge on any atom is 0.358 e. The van der Waals surface area contributed by atoms with E-state index in [0.717, 1.165) is 12.7 Å². The summed E-state index contributed by atoms with van der Waals surface area (Å²) in [5, 5.41) is 2.49. The van der Waals surface area contributed by atoms with E-state index in [-0.39, 0.29) is 39.1 Å². The fourth-order valence-electron chi connectivity index (χ4n) is 3.10. The summed E-state index contributed by atoms with van der Waals surface area (Å²) in [6.07, 6.45) is -0.139. The van der Waals surface area contributed by atoms with Crippen LogP contribution in [-0.4, -0.2) is 45.4 Å². The smallest absolute Gasteiger partial charge is 0.358 e. The maximum atomic E-state index is 15.0. The number of carbonyl (C=O) groups excluding carboxylic acids is 1. The van der Waals surface area contributed by atoms with Crippen molar-refractivity contribution in [1.29, 1.82) is 0 Å². The first-order valence-electron chi connectivity index (χ1n) is 9.48. The van der Waals surface area contributed by atoms with E-state index in [1.165, 1.54) is 31.4 Å². The van der Waals surface area contributed by atoms with Gasteiger partial charge in [0.15, 0.2) is 11.6 Å². The van der Waals surface area contributed by atoms with E-state index >= 15 is 0 Å². The number of hydrogen-bond acceptors (Lipinski definition) is 8. The summed E-state index contributed by atoms with van der Waals surface area (Å²) in [6.45, 7) is 1.80. The van der Waals surface area contributed by atoms with Crippen molar-refractivity contribution in [3.05, 3.63) is 58.4 Å². The lowest BCUT2D eigenvalue weighted by Gasteiger charge is -2.25. The summed E-state index contributed by atoms with van der Waals surface area (Å²) in [4.78, 5) is 16.3. The summed E-state index contributed by atoms with van der Waals surface area (Å²) >= 11 is 12.3. The van der Waals surface area contributed by atoms with Crippen LogP contribution in [0, 0.1) is 12.7 Å². The van der Waals surface area contributed by atoms with E-state index in [9.17, 15) is 17.6 Å². The number of aliphatic imine (C=N–C) groups is 1. The first-order chi connectivity index (χ1) is 15.6. The van der Waals surface area contributed by atoms with E-state index < -0.39 is 33.3 Å². The minimum atomic E-state index is -4.26. The normalized spacial score (nSPS) is 19.7. The Morgan fingerprint density at radius 1 is 1.18 bits per heavy atom. The fourth-order valence-corrected chi connectivity index (χ4v) is 4.35. The number of nitrogens with zero attached hydrogens (tertiary/aromatic N) is 2. The van der Waals surface area contributed by atoms with Crippen LogP contribution in [-0.2, 0) is 23.9 Å². The molecule has 2 unspecified atom stereocenters. The fraction of sp³-hybridized carbons (Fsp3) is 0.286. The van der Waals surface area contributed by atoms with Crippen molar-refractivity contribution in [2.24, 2.45) is 10.1 Å². The first kappa shape index (κ1) is 24.9. The molecule has 0 spiro atoms. The van der Waals surface area contributed by atoms with Gasteiger partial charge in [-0.05, 0) is 25.1 Å². The Balaban J connectivity index is 2.01. The molecular formula is C21H19Cl2FN2O6S. The third-order valence-electron chi connectivity index (χ3n) is 4.83. The minimum absolute atomic E-state index is 0.0373. The Bertz CT molecular complexity index is 1230. The molecule has 1 aliphatic heterocycles. The number of methoxy groups -OCH3 is 2. The average molecular weight is 517 g/mol. The molecule has 0 aliphatic carbocycles.